The molecule has 7 N–H and O–H groups in total. The topological polar surface area (TPSA) is 272 Å². The lowest BCUT2D eigenvalue weighted by Gasteiger charge is -2.21. The Morgan fingerprint density at radius 2 is 0.826 bits per heavy atom. The number of aliphatic carboxylic acids is 3. The van der Waals surface area contributed by atoms with Crippen LogP contribution in [0.5, 0.6) is 0 Å². The predicted molar refractivity (Wildman–Crippen MR) is 265 cm³/mol. The Hall–Kier alpha value is -3.86. The maximum Gasteiger partial charge on any atom is 0.331 e. The van der Waals surface area contributed by atoms with Crippen LogP contribution in [-0.2, 0) is 43.0 Å². The standard InChI is InChI=1S/C31H54O8.C22H40O8/c1-3-5-7-9-11-13-15-17-19-21-29(34)37-25-27(39-31(36)24-23-28(32)33)26-38-30(35)22-20-18-16-14-12-10-8-6-4-2;23-15-19(25)12-17(13-20(26)16-24)10-8-6-4-2-1-3-5-7-9-11-18(22(29)30)14-21(27)28/h23-24,27H,3-22,25-26H2,1-2H3,(H,32,33);14,17,19-20,23-26H,1-13,15-16H2,(H,27,28)(H,29,30)/b24-23+;18-14+. The summed E-state index contributed by atoms with van der Waals surface area (Å²) in [6.07, 6.45) is 31.6. The van der Waals surface area contributed by atoms with Gasteiger partial charge in [-0.1, -0.05) is 174 Å². The minimum atomic E-state index is -1.29. The van der Waals surface area contributed by atoms with Gasteiger partial charge in [-0.15, -0.1) is 0 Å². The number of aliphatic hydroxyl groups is 4. The molecule has 69 heavy (non-hydrogen) atoms. The lowest BCUT2D eigenvalue weighted by atomic mass is 9.90. The highest BCUT2D eigenvalue weighted by Crippen LogP contribution is 2.22. The van der Waals surface area contributed by atoms with E-state index >= 15 is 0 Å². The minimum absolute atomic E-state index is 0.0566. The van der Waals surface area contributed by atoms with Crippen molar-refractivity contribution >= 4 is 35.8 Å². The van der Waals surface area contributed by atoms with Gasteiger partial charge in [0, 0.05) is 36.6 Å². The zero-order valence-corrected chi connectivity index (χ0v) is 42.5. The molecule has 0 fully saturated rings. The predicted octanol–water partition coefficient (Wildman–Crippen LogP) is 9.94. The number of esters is 3. The second-order valence-electron chi connectivity index (χ2n) is 18.3. The van der Waals surface area contributed by atoms with Crippen LogP contribution in [0, 0.1) is 5.92 Å². The molecule has 0 spiro atoms. The van der Waals surface area contributed by atoms with E-state index in [0.717, 1.165) is 108 Å². The molecular weight excluding hydrogens is 893 g/mol. The van der Waals surface area contributed by atoms with Crippen molar-refractivity contribution in [2.75, 3.05) is 26.4 Å². The fourth-order valence-corrected chi connectivity index (χ4v) is 7.76. The van der Waals surface area contributed by atoms with E-state index in [1.54, 1.807) is 0 Å². The van der Waals surface area contributed by atoms with Gasteiger partial charge in [-0.05, 0) is 44.4 Å². The van der Waals surface area contributed by atoms with Crippen molar-refractivity contribution in [2.45, 2.75) is 244 Å². The van der Waals surface area contributed by atoms with E-state index in [2.05, 4.69) is 13.8 Å². The van der Waals surface area contributed by atoms with Gasteiger partial charge >= 0.3 is 35.8 Å². The molecule has 0 aromatic carbocycles. The molecule has 0 aliphatic carbocycles. The van der Waals surface area contributed by atoms with Gasteiger partial charge in [0.15, 0.2) is 6.10 Å². The van der Waals surface area contributed by atoms with Crippen LogP contribution in [-0.4, -0.2) is 116 Å². The summed E-state index contributed by atoms with van der Waals surface area (Å²) < 4.78 is 15.6. The quantitative estimate of drug-likeness (QED) is 0.0129. The van der Waals surface area contributed by atoms with Crippen LogP contribution in [0.15, 0.2) is 23.8 Å². The third-order valence-electron chi connectivity index (χ3n) is 11.7. The third kappa shape index (κ3) is 48.9. The van der Waals surface area contributed by atoms with E-state index in [1.807, 2.05) is 0 Å². The zero-order chi connectivity index (χ0) is 51.8. The number of ether oxygens (including phenoxy) is 3. The Bertz CT molecular complexity index is 1310. The van der Waals surface area contributed by atoms with E-state index in [9.17, 15) is 39.0 Å². The van der Waals surface area contributed by atoms with Gasteiger partial charge in [0.2, 0.25) is 0 Å². The zero-order valence-electron chi connectivity index (χ0n) is 42.5. The normalized spacial score (nSPS) is 12.8. The molecule has 0 bridgehead atoms. The van der Waals surface area contributed by atoms with Gasteiger partial charge in [-0.25, -0.2) is 19.2 Å². The first-order chi connectivity index (χ1) is 33.2. The van der Waals surface area contributed by atoms with Crippen LogP contribution in [0.2, 0.25) is 0 Å². The number of aliphatic hydroxyl groups excluding tert-OH is 4. The number of carboxylic acid groups (broad SMARTS) is 3. The second-order valence-corrected chi connectivity index (χ2v) is 18.3. The summed E-state index contributed by atoms with van der Waals surface area (Å²) in [4.78, 5) is 68.3. The molecule has 0 aliphatic heterocycles. The van der Waals surface area contributed by atoms with Crippen molar-refractivity contribution in [3.63, 3.8) is 0 Å². The van der Waals surface area contributed by atoms with Crippen LogP contribution in [0.1, 0.15) is 226 Å². The van der Waals surface area contributed by atoms with Crippen molar-refractivity contribution in [2.24, 2.45) is 5.92 Å². The van der Waals surface area contributed by atoms with Crippen LogP contribution < -0.4 is 0 Å². The summed E-state index contributed by atoms with van der Waals surface area (Å²) >= 11 is 0. The first kappa shape index (κ1) is 67.2. The Labute approximate surface area is 413 Å². The highest BCUT2D eigenvalue weighted by atomic mass is 16.6. The molecule has 16 nitrogen and oxygen atoms in total. The summed E-state index contributed by atoms with van der Waals surface area (Å²) in [6.45, 7) is 3.31. The Morgan fingerprint density at radius 1 is 0.464 bits per heavy atom. The van der Waals surface area contributed by atoms with Crippen LogP contribution in [0.4, 0.5) is 0 Å². The van der Waals surface area contributed by atoms with Gasteiger partial charge < -0.3 is 50.0 Å². The SMILES string of the molecule is CCCCCCCCCCCC(=O)OCC(COC(=O)CCCCCCCCCCC)OC(=O)/C=C/C(=O)O.O=C(O)/C=C(\CCCCCCCCCCCC(CC(O)CO)CC(O)CO)C(=O)O. The van der Waals surface area contributed by atoms with E-state index in [1.165, 1.54) is 77.0 Å². The summed E-state index contributed by atoms with van der Waals surface area (Å²) in [5.41, 5.74) is -0.0566. The van der Waals surface area contributed by atoms with Gasteiger partial charge in [-0.3, -0.25) is 9.59 Å². The van der Waals surface area contributed by atoms with E-state index in [-0.39, 0.29) is 57.2 Å². The smallest absolute Gasteiger partial charge is 0.331 e. The molecule has 0 aromatic rings. The maximum atomic E-state index is 12.1. The van der Waals surface area contributed by atoms with E-state index in [0.29, 0.717) is 25.3 Å². The van der Waals surface area contributed by atoms with E-state index < -0.39 is 54.1 Å². The summed E-state index contributed by atoms with van der Waals surface area (Å²) in [5, 5.41) is 63.5. The van der Waals surface area contributed by atoms with Crippen molar-refractivity contribution < 1.29 is 78.7 Å². The molecule has 0 saturated heterocycles. The number of carbonyl (C=O) groups is 6. The molecule has 16 heteroatoms. The molecule has 402 valence electrons. The lowest BCUT2D eigenvalue weighted by Crippen LogP contribution is -2.30. The summed E-state index contributed by atoms with van der Waals surface area (Å²) in [6, 6.07) is 0. The van der Waals surface area contributed by atoms with Gasteiger partial charge in [0.05, 0.1) is 25.4 Å². The van der Waals surface area contributed by atoms with Crippen molar-refractivity contribution in [1.29, 1.82) is 0 Å². The first-order valence-electron chi connectivity index (χ1n) is 26.4. The molecule has 0 radical (unpaired) electrons. The molecule has 0 rings (SSSR count). The van der Waals surface area contributed by atoms with Gasteiger partial charge in [0.1, 0.15) is 13.2 Å². The van der Waals surface area contributed by atoms with Crippen molar-refractivity contribution in [1.82, 2.24) is 0 Å². The van der Waals surface area contributed by atoms with Gasteiger partial charge in [0.25, 0.3) is 0 Å². The number of hydrogen-bond donors (Lipinski definition) is 7. The van der Waals surface area contributed by atoms with Crippen molar-refractivity contribution in [3.05, 3.63) is 23.8 Å². The first-order valence-corrected chi connectivity index (χ1v) is 26.4. The molecule has 0 saturated carbocycles. The Balaban J connectivity index is 0. The third-order valence-corrected chi connectivity index (χ3v) is 11.7. The molecule has 0 heterocycles. The second kappa shape index (κ2) is 49.1. The average molecular weight is 987 g/mol. The number of rotatable bonds is 47. The van der Waals surface area contributed by atoms with Crippen LogP contribution in [0.25, 0.3) is 0 Å². The molecule has 0 aromatic heterocycles. The number of unbranched alkanes of at least 4 members (excludes halogenated alkanes) is 24. The number of carbonyl (C=O) groups excluding carboxylic acids is 3. The maximum absolute atomic E-state index is 12.1. The summed E-state index contributed by atoms with van der Waals surface area (Å²) in [7, 11) is 0. The monoisotopic (exact) mass is 987 g/mol. The molecule has 2 unspecified atom stereocenters. The highest BCUT2D eigenvalue weighted by molar-refractivity contribution is 5.94. The number of carboxylic acids is 3. The van der Waals surface area contributed by atoms with E-state index in [4.69, 9.17) is 39.7 Å². The largest absolute Gasteiger partial charge is 0.478 e. The average Bonchev–Trinajstić information content (AvgIpc) is 3.31. The van der Waals surface area contributed by atoms with Gasteiger partial charge in [-0.2, -0.15) is 0 Å². The fraction of sp³-hybridized carbons (Fsp3) is 0.811. The fourth-order valence-electron chi connectivity index (χ4n) is 7.76. The number of hydrogen-bond acceptors (Lipinski definition) is 13. The minimum Gasteiger partial charge on any atom is -0.478 e. The molecular formula is C53H94O16. The molecule has 2 atom stereocenters. The highest BCUT2D eigenvalue weighted by Gasteiger charge is 2.20. The van der Waals surface area contributed by atoms with Crippen LogP contribution in [0.3, 0.4) is 0 Å². The molecule has 0 amide bonds. The molecule has 0 aliphatic rings. The Kier molecular flexibility index (Phi) is 47.9. The summed E-state index contributed by atoms with van der Waals surface area (Å²) in [5.74, 6) is -5.32. The van der Waals surface area contributed by atoms with Crippen molar-refractivity contribution in [3.8, 4) is 0 Å². The Morgan fingerprint density at radius 3 is 1.17 bits per heavy atom. The lowest BCUT2D eigenvalue weighted by molar-refractivity contribution is -0.163. The van der Waals surface area contributed by atoms with Crippen LogP contribution >= 0.6 is 0 Å².